The number of aryl methyl sites for hydroxylation is 1. The Balaban J connectivity index is 2.04. The van der Waals surface area contributed by atoms with Crippen LogP contribution in [0.5, 0.6) is 0 Å². The Morgan fingerprint density at radius 1 is 1.39 bits per heavy atom. The molecule has 96 valence electrons. The van der Waals surface area contributed by atoms with Crippen molar-refractivity contribution < 1.29 is 8.42 Å². The van der Waals surface area contributed by atoms with E-state index in [0.29, 0.717) is 16.5 Å². The Bertz CT molecular complexity index is 618. The Labute approximate surface area is 106 Å². The van der Waals surface area contributed by atoms with E-state index in [0.717, 1.165) is 24.8 Å². The molecule has 0 spiro atoms. The van der Waals surface area contributed by atoms with Crippen molar-refractivity contribution in [2.45, 2.75) is 37.1 Å². The van der Waals surface area contributed by atoms with Crippen LogP contribution in [0.1, 0.15) is 25.3 Å². The highest BCUT2D eigenvalue weighted by Crippen LogP contribution is 2.28. The molecule has 1 aliphatic carbocycles. The molecule has 5 nitrogen and oxygen atoms in total. The van der Waals surface area contributed by atoms with Crippen molar-refractivity contribution in [3.63, 3.8) is 0 Å². The zero-order valence-corrected chi connectivity index (χ0v) is 10.9. The minimum absolute atomic E-state index is 0.270. The van der Waals surface area contributed by atoms with E-state index >= 15 is 0 Å². The SMILES string of the molecule is CCc1ccc2c(c1)S(=O)(=O)NC(=NC1CC1)N2. The van der Waals surface area contributed by atoms with Crippen LogP contribution >= 0.6 is 0 Å². The topological polar surface area (TPSA) is 70.6 Å². The summed E-state index contributed by atoms with van der Waals surface area (Å²) in [7, 11) is -3.48. The fraction of sp³-hybridized carbons (Fsp3) is 0.417. The summed E-state index contributed by atoms with van der Waals surface area (Å²) in [5, 5.41) is 3.03. The number of aliphatic imine (C=N–C) groups is 1. The van der Waals surface area contributed by atoms with E-state index in [-0.39, 0.29) is 6.04 Å². The monoisotopic (exact) mass is 265 g/mol. The Morgan fingerprint density at radius 3 is 2.83 bits per heavy atom. The van der Waals surface area contributed by atoms with Crippen LogP contribution in [0.3, 0.4) is 0 Å². The van der Waals surface area contributed by atoms with Gasteiger partial charge in [0.1, 0.15) is 4.90 Å². The van der Waals surface area contributed by atoms with Gasteiger partial charge in [0.25, 0.3) is 10.0 Å². The molecular weight excluding hydrogens is 250 g/mol. The number of nitrogens with one attached hydrogen (secondary N) is 2. The van der Waals surface area contributed by atoms with E-state index in [1.54, 1.807) is 12.1 Å². The quantitative estimate of drug-likeness (QED) is 0.850. The number of hydrogen-bond acceptors (Lipinski definition) is 3. The summed E-state index contributed by atoms with van der Waals surface area (Å²) >= 11 is 0. The smallest absolute Gasteiger partial charge is 0.266 e. The molecule has 1 aromatic rings. The molecule has 1 fully saturated rings. The second kappa shape index (κ2) is 3.98. The number of anilines is 1. The number of sulfonamides is 1. The molecule has 0 bridgehead atoms. The molecule has 1 aliphatic heterocycles. The average Bonchev–Trinajstić information content (AvgIpc) is 3.12. The summed E-state index contributed by atoms with van der Waals surface area (Å²) in [6.07, 6.45) is 2.88. The first-order chi connectivity index (χ1) is 8.58. The minimum Gasteiger partial charge on any atom is -0.324 e. The van der Waals surface area contributed by atoms with Gasteiger partial charge in [0, 0.05) is 0 Å². The Hall–Kier alpha value is -1.56. The van der Waals surface area contributed by atoms with Crippen LogP contribution in [0.15, 0.2) is 28.1 Å². The fourth-order valence-electron chi connectivity index (χ4n) is 1.89. The molecule has 3 rings (SSSR count). The van der Waals surface area contributed by atoms with Crippen LogP contribution in [0.4, 0.5) is 5.69 Å². The van der Waals surface area contributed by atoms with E-state index in [4.69, 9.17) is 0 Å². The predicted molar refractivity (Wildman–Crippen MR) is 70.2 cm³/mol. The van der Waals surface area contributed by atoms with Gasteiger partial charge in [0.05, 0.1) is 11.7 Å². The second-order valence-corrected chi connectivity index (χ2v) is 6.27. The van der Waals surface area contributed by atoms with Crippen LogP contribution in [0, 0.1) is 0 Å². The summed E-state index contributed by atoms with van der Waals surface area (Å²) in [5.74, 6) is 0.342. The predicted octanol–water partition coefficient (Wildman–Crippen LogP) is 1.47. The van der Waals surface area contributed by atoms with Crippen LogP contribution in [0.25, 0.3) is 0 Å². The van der Waals surface area contributed by atoms with Gasteiger partial charge in [0.2, 0.25) is 5.96 Å². The zero-order chi connectivity index (χ0) is 12.8. The summed E-state index contributed by atoms with van der Waals surface area (Å²) in [5.41, 5.74) is 1.61. The van der Waals surface area contributed by atoms with Crippen molar-refractivity contribution in [2.24, 2.45) is 4.99 Å². The fourth-order valence-corrected chi connectivity index (χ4v) is 3.08. The molecule has 2 N–H and O–H groups in total. The van der Waals surface area contributed by atoms with Gasteiger partial charge in [0.15, 0.2) is 0 Å². The summed E-state index contributed by atoms with van der Waals surface area (Å²) < 4.78 is 26.7. The third-order valence-corrected chi connectivity index (χ3v) is 4.47. The molecule has 0 unspecified atom stereocenters. The number of guanidine groups is 1. The number of fused-ring (bicyclic) bond motifs is 1. The van der Waals surface area contributed by atoms with E-state index in [1.807, 2.05) is 13.0 Å². The number of hydrogen-bond donors (Lipinski definition) is 2. The molecule has 1 heterocycles. The first-order valence-electron chi connectivity index (χ1n) is 6.09. The second-order valence-electron chi connectivity index (χ2n) is 4.62. The maximum absolute atomic E-state index is 12.1. The molecule has 0 amide bonds. The molecule has 0 saturated heterocycles. The van der Waals surface area contributed by atoms with Gasteiger partial charge in [-0.25, -0.2) is 18.1 Å². The molecule has 0 radical (unpaired) electrons. The summed E-state index contributed by atoms with van der Waals surface area (Å²) in [6.45, 7) is 2.00. The minimum atomic E-state index is -3.48. The van der Waals surface area contributed by atoms with Gasteiger partial charge in [-0.2, -0.15) is 0 Å². The maximum atomic E-state index is 12.1. The van der Waals surface area contributed by atoms with Gasteiger partial charge in [-0.3, -0.25) is 0 Å². The van der Waals surface area contributed by atoms with Crippen LogP contribution in [-0.4, -0.2) is 20.4 Å². The number of rotatable bonds is 2. The molecule has 2 aliphatic rings. The largest absolute Gasteiger partial charge is 0.324 e. The lowest BCUT2D eigenvalue weighted by atomic mass is 10.1. The maximum Gasteiger partial charge on any atom is 0.266 e. The zero-order valence-electron chi connectivity index (χ0n) is 10.1. The third-order valence-electron chi connectivity index (χ3n) is 3.09. The lowest BCUT2D eigenvalue weighted by Crippen LogP contribution is -2.41. The molecule has 0 aromatic heterocycles. The van der Waals surface area contributed by atoms with Crippen molar-refractivity contribution in [1.82, 2.24) is 4.72 Å². The van der Waals surface area contributed by atoms with Gasteiger partial charge in [-0.15, -0.1) is 0 Å². The number of nitrogens with zero attached hydrogens (tertiary/aromatic N) is 1. The standard InChI is InChI=1S/C12H15N3O2S/c1-2-8-3-6-10-11(7-8)18(16,17)15-12(14-10)13-9-4-5-9/h3,6-7,9H,2,4-5H2,1H3,(H2,13,14,15). The van der Waals surface area contributed by atoms with Crippen molar-refractivity contribution in [3.8, 4) is 0 Å². The third kappa shape index (κ3) is 2.08. The van der Waals surface area contributed by atoms with Gasteiger partial charge in [-0.1, -0.05) is 13.0 Å². The average molecular weight is 265 g/mol. The highest BCUT2D eigenvalue weighted by atomic mass is 32.2. The van der Waals surface area contributed by atoms with E-state index < -0.39 is 10.0 Å². The van der Waals surface area contributed by atoms with E-state index in [1.165, 1.54) is 0 Å². The molecule has 1 aromatic carbocycles. The number of benzene rings is 1. The van der Waals surface area contributed by atoms with Crippen molar-refractivity contribution in [1.29, 1.82) is 0 Å². The lowest BCUT2D eigenvalue weighted by Gasteiger charge is -2.22. The summed E-state index contributed by atoms with van der Waals surface area (Å²) in [4.78, 5) is 4.60. The normalized spacial score (nSPS) is 23.1. The highest BCUT2D eigenvalue weighted by molar-refractivity contribution is 7.90. The first-order valence-corrected chi connectivity index (χ1v) is 7.57. The molecule has 6 heteroatoms. The molecule has 0 atom stereocenters. The van der Waals surface area contributed by atoms with Crippen molar-refractivity contribution in [3.05, 3.63) is 23.8 Å². The van der Waals surface area contributed by atoms with Crippen LogP contribution in [-0.2, 0) is 16.4 Å². The Morgan fingerprint density at radius 2 is 2.17 bits per heavy atom. The molecule has 1 saturated carbocycles. The highest BCUT2D eigenvalue weighted by Gasteiger charge is 2.29. The van der Waals surface area contributed by atoms with Gasteiger partial charge < -0.3 is 5.32 Å². The van der Waals surface area contributed by atoms with E-state index in [9.17, 15) is 8.42 Å². The van der Waals surface area contributed by atoms with Gasteiger partial charge in [-0.05, 0) is 37.0 Å². The van der Waals surface area contributed by atoms with Crippen molar-refractivity contribution in [2.75, 3.05) is 5.32 Å². The lowest BCUT2D eigenvalue weighted by molar-refractivity contribution is 0.591. The first kappa shape index (κ1) is 11.5. The van der Waals surface area contributed by atoms with Crippen LogP contribution < -0.4 is 10.0 Å². The van der Waals surface area contributed by atoms with Crippen molar-refractivity contribution >= 4 is 21.7 Å². The Kier molecular flexibility index (Phi) is 2.55. The van der Waals surface area contributed by atoms with Gasteiger partial charge >= 0.3 is 0 Å². The van der Waals surface area contributed by atoms with Crippen LogP contribution in [0.2, 0.25) is 0 Å². The van der Waals surface area contributed by atoms with E-state index in [2.05, 4.69) is 15.0 Å². The summed E-state index contributed by atoms with van der Waals surface area (Å²) in [6, 6.07) is 5.71. The molecular formula is C12H15N3O2S. The molecule has 18 heavy (non-hydrogen) atoms.